The van der Waals surface area contributed by atoms with Gasteiger partial charge in [-0.1, -0.05) is 0 Å². The average Bonchev–Trinajstić information content (AvgIpc) is 2.08. The van der Waals surface area contributed by atoms with E-state index in [9.17, 15) is 15.0 Å². The van der Waals surface area contributed by atoms with E-state index in [0.717, 1.165) is 0 Å². The lowest BCUT2D eigenvalue weighted by atomic mass is 9.83. The minimum Gasteiger partial charge on any atom is -0.481 e. The molecule has 3 N–H and O–H groups in total. The molecule has 1 aliphatic carbocycles. The maximum Gasteiger partial charge on any atom is 0.309 e. The van der Waals surface area contributed by atoms with E-state index in [0.29, 0.717) is 6.42 Å². The fraction of sp³-hybridized carbons (Fsp3) is 0.875. The molecule has 1 rings (SSSR count). The first-order valence-electron chi connectivity index (χ1n) is 4.18. The summed E-state index contributed by atoms with van der Waals surface area (Å²) in [5.41, 5.74) is 0. The second-order valence-electron chi connectivity index (χ2n) is 3.33. The fourth-order valence-corrected chi connectivity index (χ4v) is 1.68. The average molecular weight is 190 g/mol. The van der Waals surface area contributed by atoms with Crippen LogP contribution in [0.15, 0.2) is 0 Å². The van der Waals surface area contributed by atoms with Crippen LogP contribution in [-0.4, -0.2) is 46.7 Å². The lowest BCUT2D eigenvalue weighted by Crippen LogP contribution is -2.46. The third-order valence-corrected chi connectivity index (χ3v) is 2.44. The molecule has 1 aliphatic rings. The molecule has 4 unspecified atom stereocenters. The van der Waals surface area contributed by atoms with E-state index in [4.69, 9.17) is 9.84 Å². The predicted molar refractivity (Wildman–Crippen MR) is 43.2 cm³/mol. The van der Waals surface area contributed by atoms with Crippen molar-refractivity contribution in [1.82, 2.24) is 0 Å². The van der Waals surface area contributed by atoms with Crippen LogP contribution in [0, 0.1) is 5.92 Å². The molecule has 1 fully saturated rings. The molecule has 0 saturated heterocycles. The van der Waals surface area contributed by atoms with Gasteiger partial charge in [0.25, 0.3) is 0 Å². The summed E-state index contributed by atoms with van der Waals surface area (Å²) in [4.78, 5) is 10.6. The van der Waals surface area contributed by atoms with Crippen LogP contribution < -0.4 is 0 Å². The monoisotopic (exact) mass is 190 g/mol. The topological polar surface area (TPSA) is 87.0 Å². The third kappa shape index (κ3) is 2.18. The van der Waals surface area contributed by atoms with Gasteiger partial charge in [0.1, 0.15) is 0 Å². The molecule has 1 saturated carbocycles. The van der Waals surface area contributed by atoms with Gasteiger partial charge in [0.2, 0.25) is 0 Å². The van der Waals surface area contributed by atoms with E-state index in [1.807, 2.05) is 0 Å². The van der Waals surface area contributed by atoms with Gasteiger partial charge >= 0.3 is 5.97 Å². The molecule has 13 heavy (non-hydrogen) atoms. The summed E-state index contributed by atoms with van der Waals surface area (Å²) in [6, 6.07) is 0. The number of aliphatic carboxylic acids is 1. The van der Waals surface area contributed by atoms with Crippen LogP contribution in [0.25, 0.3) is 0 Å². The van der Waals surface area contributed by atoms with Crippen molar-refractivity contribution in [2.45, 2.75) is 31.2 Å². The van der Waals surface area contributed by atoms with Crippen molar-refractivity contribution >= 4 is 5.97 Å². The first-order valence-corrected chi connectivity index (χ1v) is 4.18. The van der Waals surface area contributed by atoms with Gasteiger partial charge in [-0.3, -0.25) is 4.79 Å². The van der Waals surface area contributed by atoms with Crippen LogP contribution in [0.3, 0.4) is 0 Å². The van der Waals surface area contributed by atoms with E-state index in [2.05, 4.69) is 0 Å². The first kappa shape index (κ1) is 10.4. The van der Waals surface area contributed by atoms with Crippen molar-refractivity contribution in [1.29, 1.82) is 0 Å². The highest BCUT2D eigenvalue weighted by Gasteiger charge is 2.40. The van der Waals surface area contributed by atoms with Crippen molar-refractivity contribution < 1.29 is 24.9 Å². The Morgan fingerprint density at radius 3 is 2.46 bits per heavy atom. The molecule has 5 nitrogen and oxygen atoms in total. The van der Waals surface area contributed by atoms with Crippen LogP contribution >= 0.6 is 0 Å². The zero-order valence-electron chi connectivity index (χ0n) is 7.38. The van der Waals surface area contributed by atoms with Crippen molar-refractivity contribution in [2.24, 2.45) is 5.92 Å². The molecule has 5 heteroatoms. The SMILES string of the molecule is COC1CC(O)CC(C(=O)O)C1O. The lowest BCUT2D eigenvalue weighted by molar-refractivity contribution is -0.159. The van der Waals surface area contributed by atoms with Gasteiger partial charge in [-0.2, -0.15) is 0 Å². The lowest BCUT2D eigenvalue weighted by Gasteiger charge is -2.34. The molecule has 0 aromatic carbocycles. The quantitative estimate of drug-likeness (QED) is 0.531. The molecule has 0 aliphatic heterocycles. The summed E-state index contributed by atoms with van der Waals surface area (Å²) in [6.45, 7) is 0. The molecule has 0 spiro atoms. The Kier molecular flexibility index (Phi) is 3.24. The van der Waals surface area contributed by atoms with Crippen LogP contribution in [0.5, 0.6) is 0 Å². The largest absolute Gasteiger partial charge is 0.481 e. The highest BCUT2D eigenvalue weighted by atomic mass is 16.5. The van der Waals surface area contributed by atoms with E-state index in [1.165, 1.54) is 7.11 Å². The minimum absolute atomic E-state index is 0.0936. The molecule has 0 heterocycles. The number of rotatable bonds is 2. The number of hydrogen-bond acceptors (Lipinski definition) is 4. The van der Waals surface area contributed by atoms with Gasteiger partial charge in [-0.05, 0) is 6.42 Å². The smallest absolute Gasteiger partial charge is 0.309 e. The van der Waals surface area contributed by atoms with Gasteiger partial charge in [0.15, 0.2) is 0 Å². The molecule has 0 amide bonds. The Balaban J connectivity index is 2.68. The zero-order chi connectivity index (χ0) is 10.0. The Labute approximate surface area is 75.9 Å². The van der Waals surface area contributed by atoms with Gasteiger partial charge < -0.3 is 20.1 Å². The number of carboxylic acid groups (broad SMARTS) is 1. The van der Waals surface area contributed by atoms with Crippen molar-refractivity contribution in [2.75, 3.05) is 7.11 Å². The van der Waals surface area contributed by atoms with Crippen LogP contribution in [0.1, 0.15) is 12.8 Å². The summed E-state index contributed by atoms with van der Waals surface area (Å²) >= 11 is 0. The molecule has 0 radical (unpaired) electrons. The van der Waals surface area contributed by atoms with Crippen LogP contribution in [0.4, 0.5) is 0 Å². The molecule has 76 valence electrons. The van der Waals surface area contributed by atoms with Crippen molar-refractivity contribution in [3.05, 3.63) is 0 Å². The van der Waals surface area contributed by atoms with E-state index in [1.54, 1.807) is 0 Å². The zero-order valence-corrected chi connectivity index (χ0v) is 7.38. The number of hydrogen-bond donors (Lipinski definition) is 3. The molecule has 0 bridgehead atoms. The standard InChI is InChI=1S/C8H14O5/c1-13-6-3-4(9)2-5(7(6)10)8(11)12/h4-7,9-10H,2-3H2,1H3,(H,11,12). The van der Waals surface area contributed by atoms with Gasteiger partial charge in [-0.15, -0.1) is 0 Å². The molecular formula is C8H14O5. The number of carboxylic acids is 1. The highest BCUT2D eigenvalue weighted by molar-refractivity contribution is 5.71. The van der Waals surface area contributed by atoms with E-state index < -0.39 is 30.2 Å². The highest BCUT2D eigenvalue weighted by Crippen LogP contribution is 2.27. The molecular weight excluding hydrogens is 176 g/mol. The first-order chi connectivity index (χ1) is 6.06. The molecule has 0 aromatic rings. The van der Waals surface area contributed by atoms with Crippen LogP contribution in [-0.2, 0) is 9.53 Å². The Hall–Kier alpha value is -0.650. The Bertz CT molecular complexity index is 193. The maximum absolute atomic E-state index is 10.6. The summed E-state index contributed by atoms with van der Waals surface area (Å²) < 4.78 is 4.88. The van der Waals surface area contributed by atoms with Crippen LogP contribution in [0.2, 0.25) is 0 Å². The predicted octanol–water partition coefficient (Wildman–Crippen LogP) is -0.782. The Morgan fingerprint density at radius 2 is 2.00 bits per heavy atom. The van der Waals surface area contributed by atoms with Gasteiger partial charge in [0, 0.05) is 13.5 Å². The second-order valence-corrected chi connectivity index (χ2v) is 3.33. The minimum atomic E-state index is -1.09. The summed E-state index contributed by atoms with van der Waals surface area (Å²) in [5, 5.41) is 27.5. The number of carbonyl (C=O) groups is 1. The number of ether oxygens (including phenoxy) is 1. The van der Waals surface area contributed by atoms with Gasteiger partial charge in [0.05, 0.1) is 24.2 Å². The Morgan fingerprint density at radius 1 is 1.38 bits per heavy atom. The third-order valence-electron chi connectivity index (χ3n) is 2.44. The molecule has 4 atom stereocenters. The fourth-order valence-electron chi connectivity index (χ4n) is 1.68. The summed E-state index contributed by atoms with van der Waals surface area (Å²) in [6.07, 6.45) is -1.91. The number of aliphatic hydroxyl groups excluding tert-OH is 2. The van der Waals surface area contributed by atoms with E-state index >= 15 is 0 Å². The van der Waals surface area contributed by atoms with Crippen molar-refractivity contribution in [3.63, 3.8) is 0 Å². The van der Waals surface area contributed by atoms with Gasteiger partial charge in [-0.25, -0.2) is 0 Å². The second kappa shape index (κ2) is 4.04. The summed E-state index contributed by atoms with van der Waals surface area (Å²) in [5.74, 6) is -2.01. The van der Waals surface area contributed by atoms with E-state index in [-0.39, 0.29) is 6.42 Å². The molecule has 0 aromatic heterocycles. The normalized spacial score (nSPS) is 40.2. The van der Waals surface area contributed by atoms with Crippen molar-refractivity contribution in [3.8, 4) is 0 Å². The summed E-state index contributed by atoms with van der Waals surface area (Å²) in [7, 11) is 1.39. The number of aliphatic hydroxyl groups is 2. The maximum atomic E-state index is 10.6. The number of methoxy groups -OCH3 is 1.